The van der Waals surface area contributed by atoms with Crippen LogP contribution in [0, 0.1) is 0 Å². The third-order valence-electron chi connectivity index (χ3n) is 3.12. The molecule has 3 rings (SSSR count). The number of nitrogens with zero attached hydrogens (tertiary/aromatic N) is 2. The fourth-order valence-electron chi connectivity index (χ4n) is 2.27. The van der Waals surface area contributed by atoms with Crippen molar-refractivity contribution < 1.29 is 0 Å². The van der Waals surface area contributed by atoms with E-state index in [4.69, 9.17) is 0 Å². The van der Waals surface area contributed by atoms with Gasteiger partial charge in [-0.3, -0.25) is 5.10 Å². The van der Waals surface area contributed by atoms with Crippen LogP contribution in [0.1, 0.15) is 12.1 Å². The molecule has 1 aliphatic heterocycles. The summed E-state index contributed by atoms with van der Waals surface area (Å²) >= 11 is 0. The second-order valence-corrected chi connectivity index (χ2v) is 4.37. The quantitative estimate of drug-likeness (QED) is 0.788. The molecule has 0 amide bonds. The Balaban J connectivity index is 2.09. The number of benzene rings is 1. The molecule has 0 radical (unpaired) electrons. The van der Waals surface area contributed by atoms with Gasteiger partial charge in [-0.25, -0.2) is 0 Å². The fourth-order valence-corrected chi connectivity index (χ4v) is 2.27. The van der Waals surface area contributed by atoms with Crippen LogP contribution < -0.4 is 0 Å². The average Bonchev–Trinajstić information content (AvgIpc) is 2.72. The molecular weight excluding hydrogens is 198 g/mol. The lowest BCUT2D eigenvalue weighted by atomic mass is 10.0. The molecule has 0 aliphatic carbocycles. The van der Waals surface area contributed by atoms with Crippen molar-refractivity contribution >= 4 is 16.5 Å². The molecule has 0 saturated carbocycles. The smallest absolute Gasteiger partial charge is 0.0968 e. The number of para-hydroxylation sites is 1. The van der Waals surface area contributed by atoms with Crippen LogP contribution in [0.25, 0.3) is 16.5 Å². The molecule has 0 atom stereocenters. The number of aromatic nitrogens is 2. The molecule has 0 spiro atoms. The largest absolute Gasteiger partial charge is 0.302 e. The summed E-state index contributed by atoms with van der Waals surface area (Å²) in [6.07, 6.45) is 3.43. The van der Waals surface area contributed by atoms with Gasteiger partial charge in [-0.1, -0.05) is 24.3 Å². The van der Waals surface area contributed by atoms with Gasteiger partial charge >= 0.3 is 0 Å². The van der Waals surface area contributed by atoms with E-state index in [1.54, 1.807) is 0 Å². The maximum atomic E-state index is 4.43. The van der Waals surface area contributed by atoms with Gasteiger partial charge in [0.1, 0.15) is 0 Å². The van der Waals surface area contributed by atoms with Gasteiger partial charge in [0.05, 0.1) is 11.2 Å². The summed E-state index contributed by atoms with van der Waals surface area (Å²) in [4.78, 5) is 2.33. The molecule has 0 fully saturated rings. The highest BCUT2D eigenvalue weighted by Gasteiger charge is 2.14. The average molecular weight is 213 g/mol. The summed E-state index contributed by atoms with van der Waals surface area (Å²) in [5.74, 6) is 0. The van der Waals surface area contributed by atoms with Gasteiger partial charge in [0.15, 0.2) is 0 Å². The minimum atomic E-state index is 0.995. The van der Waals surface area contributed by atoms with E-state index >= 15 is 0 Å². The van der Waals surface area contributed by atoms with Gasteiger partial charge < -0.3 is 4.90 Å². The van der Waals surface area contributed by atoms with Crippen LogP contribution in [0.15, 0.2) is 30.3 Å². The highest BCUT2D eigenvalue weighted by Crippen LogP contribution is 2.25. The zero-order valence-corrected chi connectivity index (χ0v) is 9.40. The molecule has 3 heteroatoms. The van der Waals surface area contributed by atoms with Crippen molar-refractivity contribution in [3.8, 4) is 0 Å². The minimum absolute atomic E-state index is 0.995. The Morgan fingerprint density at radius 1 is 1.31 bits per heavy atom. The molecule has 0 bridgehead atoms. The summed E-state index contributed by atoms with van der Waals surface area (Å²) in [6, 6.07) is 8.29. The Bertz CT molecular complexity index is 539. The zero-order chi connectivity index (χ0) is 11.0. The number of aromatic amines is 1. The Morgan fingerprint density at radius 3 is 3.06 bits per heavy atom. The number of rotatable bonds is 1. The Kier molecular flexibility index (Phi) is 2.26. The first-order chi connectivity index (χ1) is 7.84. The lowest BCUT2D eigenvalue weighted by Crippen LogP contribution is -2.25. The van der Waals surface area contributed by atoms with Crippen molar-refractivity contribution in [1.29, 1.82) is 0 Å². The van der Waals surface area contributed by atoms with E-state index < -0.39 is 0 Å². The van der Waals surface area contributed by atoms with Crippen molar-refractivity contribution in [3.05, 3.63) is 36.0 Å². The summed E-state index contributed by atoms with van der Waals surface area (Å²) in [6.45, 7) is 2.14. The van der Waals surface area contributed by atoms with Gasteiger partial charge in [-0.05, 0) is 25.1 Å². The van der Waals surface area contributed by atoms with E-state index in [1.807, 2.05) is 6.07 Å². The summed E-state index contributed by atoms with van der Waals surface area (Å²) < 4.78 is 0. The lowest BCUT2D eigenvalue weighted by Gasteiger charge is -2.21. The van der Waals surface area contributed by atoms with E-state index in [0.29, 0.717) is 0 Å². The molecule has 82 valence electrons. The second-order valence-electron chi connectivity index (χ2n) is 4.37. The van der Waals surface area contributed by atoms with Crippen molar-refractivity contribution in [1.82, 2.24) is 15.1 Å². The number of hydrogen-bond donors (Lipinski definition) is 1. The maximum absolute atomic E-state index is 4.43. The van der Waals surface area contributed by atoms with Crippen LogP contribution in [-0.2, 0) is 0 Å². The molecule has 1 aromatic carbocycles. The standard InChI is InChI=1S/C13H15N3/c1-16-8-4-5-10(9-16)13-11-6-2-3-7-12(11)14-15-13/h2-3,5-7H,4,8-9H2,1H3,(H,14,15). The molecule has 16 heavy (non-hydrogen) atoms. The second kappa shape index (κ2) is 3.76. The van der Waals surface area contributed by atoms with Crippen LogP contribution in [0.3, 0.4) is 0 Å². The predicted molar refractivity (Wildman–Crippen MR) is 66.2 cm³/mol. The highest BCUT2D eigenvalue weighted by molar-refractivity contribution is 5.90. The topological polar surface area (TPSA) is 31.9 Å². The van der Waals surface area contributed by atoms with E-state index in [9.17, 15) is 0 Å². The molecule has 1 N–H and O–H groups in total. The molecule has 3 nitrogen and oxygen atoms in total. The molecule has 0 saturated heterocycles. The molecule has 2 aromatic rings. The normalized spacial score (nSPS) is 17.7. The Hall–Kier alpha value is -1.61. The number of likely N-dealkylation sites (N-methyl/N-ethyl adjacent to an activating group) is 1. The third-order valence-corrected chi connectivity index (χ3v) is 3.12. The maximum Gasteiger partial charge on any atom is 0.0968 e. The van der Waals surface area contributed by atoms with Crippen LogP contribution in [-0.4, -0.2) is 35.2 Å². The SMILES string of the molecule is CN1CCC=C(c2n[nH]c3ccccc23)C1. The highest BCUT2D eigenvalue weighted by atomic mass is 15.1. The molecule has 1 aromatic heterocycles. The van der Waals surface area contributed by atoms with E-state index in [-0.39, 0.29) is 0 Å². The lowest BCUT2D eigenvalue weighted by molar-refractivity contribution is 0.372. The Morgan fingerprint density at radius 2 is 2.19 bits per heavy atom. The third kappa shape index (κ3) is 1.53. The van der Waals surface area contributed by atoms with Gasteiger partial charge in [-0.15, -0.1) is 0 Å². The van der Waals surface area contributed by atoms with Crippen LogP contribution >= 0.6 is 0 Å². The van der Waals surface area contributed by atoms with Crippen molar-refractivity contribution in [3.63, 3.8) is 0 Å². The van der Waals surface area contributed by atoms with Gasteiger partial charge in [0.25, 0.3) is 0 Å². The van der Waals surface area contributed by atoms with Gasteiger partial charge in [-0.2, -0.15) is 5.10 Å². The van der Waals surface area contributed by atoms with Crippen LogP contribution in [0.4, 0.5) is 0 Å². The van der Waals surface area contributed by atoms with E-state index in [2.05, 4.69) is 46.4 Å². The summed E-state index contributed by atoms with van der Waals surface area (Å²) in [7, 11) is 2.15. The summed E-state index contributed by atoms with van der Waals surface area (Å²) in [5.41, 5.74) is 3.57. The molecule has 0 unspecified atom stereocenters. The van der Waals surface area contributed by atoms with E-state index in [0.717, 1.165) is 30.7 Å². The number of fused-ring (bicyclic) bond motifs is 1. The molecule has 2 heterocycles. The van der Waals surface area contributed by atoms with Crippen molar-refractivity contribution in [2.75, 3.05) is 20.1 Å². The first-order valence-electron chi connectivity index (χ1n) is 5.65. The minimum Gasteiger partial charge on any atom is -0.302 e. The Labute approximate surface area is 94.8 Å². The predicted octanol–water partition coefficient (Wildman–Crippen LogP) is 2.28. The molecular formula is C13H15N3. The van der Waals surface area contributed by atoms with Crippen molar-refractivity contribution in [2.45, 2.75) is 6.42 Å². The van der Waals surface area contributed by atoms with Gasteiger partial charge in [0.2, 0.25) is 0 Å². The zero-order valence-electron chi connectivity index (χ0n) is 9.40. The number of nitrogens with one attached hydrogen (secondary N) is 1. The monoisotopic (exact) mass is 213 g/mol. The van der Waals surface area contributed by atoms with Crippen molar-refractivity contribution in [2.24, 2.45) is 0 Å². The number of hydrogen-bond acceptors (Lipinski definition) is 2. The van der Waals surface area contributed by atoms with E-state index in [1.165, 1.54) is 11.0 Å². The number of H-pyrrole nitrogens is 1. The van der Waals surface area contributed by atoms with Crippen LogP contribution in [0.2, 0.25) is 0 Å². The molecule has 1 aliphatic rings. The van der Waals surface area contributed by atoms with Crippen LogP contribution in [0.5, 0.6) is 0 Å². The fraction of sp³-hybridized carbons (Fsp3) is 0.308. The summed E-state index contributed by atoms with van der Waals surface area (Å²) in [5, 5.41) is 8.75. The first kappa shape index (κ1) is 9.60. The van der Waals surface area contributed by atoms with Gasteiger partial charge in [0, 0.05) is 18.5 Å². The first-order valence-corrected chi connectivity index (χ1v) is 5.65.